The Morgan fingerprint density at radius 2 is 1.83 bits per heavy atom. The molecule has 0 aliphatic rings. The molecule has 0 unspecified atom stereocenters. The number of benzene rings is 2. The van der Waals surface area contributed by atoms with Crippen molar-refractivity contribution in [1.82, 2.24) is 4.57 Å². The van der Waals surface area contributed by atoms with Gasteiger partial charge in [0.1, 0.15) is 0 Å². The molecule has 0 atom stereocenters. The van der Waals surface area contributed by atoms with Crippen LogP contribution in [0.3, 0.4) is 0 Å². The largest absolute Gasteiger partial charge is 0.478 e. The number of rotatable bonds is 2. The Morgan fingerprint density at radius 3 is 2.56 bits per heavy atom. The summed E-state index contributed by atoms with van der Waals surface area (Å²) in [5, 5.41) is 11.2. The second kappa shape index (κ2) is 3.88. The lowest BCUT2D eigenvalue weighted by molar-refractivity contribution is 0.0697. The minimum absolute atomic E-state index is 0.335. The third-order valence-electron chi connectivity index (χ3n) is 3.34. The van der Waals surface area contributed by atoms with Crippen molar-refractivity contribution in [3.05, 3.63) is 48.0 Å². The van der Waals surface area contributed by atoms with Crippen molar-refractivity contribution in [2.24, 2.45) is 0 Å². The van der Waals surface area contributed by atoms with Crippen LogP contribution in [0.4, 0.5) is 0 Å². The standard InChI is InChI=1S/C15H13NO2/c1-2-16-13-6-4-3-5-11(13)12-9-10(15(17)18)7-8-14(12)16/h3-9H,2H2,1H3,(H,17,18). The van der Waals surface area contributed by atoms with Crippen LogP contribution in [0.1, 0.15) is 17.3 Å². The molecule has 0 bridgehead atoms. The van der Waals surface area contributed by atoms with Gasteiger partial charge in [-0.05, 0) is 31.2 Å². The molecule has 0 radical (unpaired) electrons. The van der Waals surface area contributed by atoms with Crippen LogP contribution in [0.5, 0.6) is 0 Å². The third kappa shape index (κ3) is 1.40. The van der Waals surface area contributed by atoms with Crippen LogP contribution < -0.4 is 0 Å². The zero-order valence-electron chi connectivity index (χ0n) is 10.1. The lowest BCUT2D eigenvalue weighted by atomic mass is 10.1. The number of hydrogen-bond acceptors (Lipinski definition) is 1. The number of carboxylic acid groups (broad SMARTS) is 1. The number of hydrogen-bond donors (Lipinski definition) is 1. The molecule has 3 heteroatoms. The molecule has 0 saturated heterocycles. The Kier molecular flexibility index (Phi) is 2.33. The van der Waals surface area contributed by atoms with E-state index in [2.05, 4.69) is 17.6 Å². The van der Waals surface area contributed by atoms with Gasteiger partial charge in [-0.3, -0.25) is 0 Å². The van der Waals surface area contributed by atoms with Gasteiger partial charge in [0, 0.05) is 28.4 Å². The Morgan fingerprint density at radius 1 is 1.11 bits per heavy atom. The number of aromatic carboxylic acids is 1. The SMILES string of the molecule is CCn1c2ccccc2c2cc(C(=O)O)ccc21. The van der Waals surface area contributed by atoms with E-state index in [4.69, 9.17) is 5.11 Å². The van der Waals surface area contributed by atoms with E-state index in [1.54, 1.807) is 12.1 Å². The zero-order valence-corrected chi connectivity index (χ0v) is 10.1. The second-order valence-corrected chi connectivity index (χ2v) is 4.30. The molecule has 3 nitrogen and oxygen atoms in total. The van der Waals surface area contributed by atoms with Crippen molar-refractivity contribution in [2.75, 3.05) is 0 Å². The molecule has 90 valence electrons. The average Bonchev–Trinajstić information content (AvgIpc) is 2.71. The molecule has 2 aromatic carbocycles. The Hall–Kier alpha value is -2.29. The van der Waals surface area contributed by atoms with E-state index in [1.165, 1.54) is 0 Å². The molecular formula is C15H13NO2. The molecule has 1 N–H and O–H groups in total. The predicted molar refractivity (Wildman–Crippen MR) is 72.1 cm³/mol. The van der Waals surface area contributed by atoms with Gasteiger partial charge in [0.25, 0.3) is 0 Å². The quantitative estimate of drug-likeness (QED) is 0.743. The number of carboxylic acids is 1. The fraction of sp³-hybridized carbons (Fsp3) is 0.133. The van der Waals surface area contributed by atoms with Crippen LogP contribution in [0.15, 0.2) is 42.5 Å². The number of aromatic nitrogens is 1. The van der Waals surface area contributed by atoms with Gasteiger partial charge in [0.15, 0.2) is 0 Å². The van der Waals surface area contributed by atoms with Gasteiger partial charge in [-0.2, -0.15) is 0 Å². The van der Waals surface area contributed by atoms with Crippen molar-refractivity contribution >= 4 is 27.8 Å². The molecule has 0 amide bonds. The van der Waals surface area contributed by atoms with E-state index >= 15 is 0 Å². The Bertz CT molecular complexity index is 756. The van der Waals surface area contributed by atoms with Crippen LogP contribution in [-0.2, 0) is 6.54 Å². The molecule has 0 saturated carbocycles. The molecule has 1 heterocycles. The number of nitrogens with zero attached hydrogens (tertiary/aromatic N) is 1. The normalized spacial score (nSPS) is 11.2. The van der Waals surface area contributed by atoms with Gasteiger partial charge in [0.05, 0.1) is 5.56 Å². The summed E-state index contributed by atoms with van der Waals surface area (Å²) in [4.78, 5) is 11.1. The first kappa shape index (κ1) is 10.8. The summed E-state index contributed by atoms with van der Waals surface area (Å²) in [6.07, 6.45) is 0. The van der Waals surface area contributed by atoms with Crippen LogP contribution in [-0.4, -0.2) is 15.6 Å². The highest BCUT2D eigenvalue weighted by Gasteiger charge is 2.11. The first-order chi connectivity index (χ1) is 8.72. The predicted octanol–water partition coefficient (Wildman–Crippen LogP) is 3.51. The maximum atomic E-state index is 11.1. The topological polar surface area (TPSA) is 42.2 Å². The minimum Gasteiger partial charge on any atom is -0.478 e. The summed E-state index contributed by atoms with van der Waals surface area (Å²) >= 11 is 0. The molecule has 0 fully saturated rings. The molecule has 3 rings (SSSR count). The maximum Gasteiger partial charge on any atom is 0.335 e. The average molecular weight is 239 g/mol. The highest BCUT2D eigenvalue weighted by molar-refractivity contribution is 6.10. The maximum absolute atomic E-state index is 11.1. The van der Waals surface area contributed by atoms with Gasteiger partial charge in [-0.25, -0.2) is 4.79 Å². The third-order valence-corrected chi connectivity index (χ3v) is 3.34. The van der Waals surface area contributed by atoms with E-state index in [0.29, 0.717) is 5.56 Å². The first-order valence-corrected chi connectivity index (χ1v) is 5.96. The van der Waals surface area contributed by atoms with Gasteiger partial charge in [0.2, 0.25) is 0 Å². The van der Waals surface area contributed by atoms with Crippen LogP contribution in [0, 0.1) is 0 Å². The van der Waals surface area contributed by atoms with Crippen molar-refractivity contribution < 1.29 is 9.90 Å². The number of aryl methyl sites for hydroxylation is 1. The lowest BCUT2D eigenvalue weighted by Crippen LogP contribution is -1.96. The molecule has 0 spiro atoms. The van der Waals surface area contributed by atoms with Gasteiger partial charge in [-0.1, -0.05) is 18.2 Å². The van der Waals surface area contributed by atoms with Crippen LogP contribution in [0.25, 0.3) is 21.8 Å². The summed E-state index contributed by atoms with van der Waals surface area (Å²) < 4.78 is 2.20. The highest BCUT2D eigenvalue weighted by Crippen LogP contribution is 2.29. The zero-order chi connectivity index (χ0) is 12.7. The van der Waals surface area contributed by atoms with Crippen molar-refractivity contribution in [3.63, 3.8) is 0 Å². The first-order valence-electron chi connectivity index (χ1n) is 5.96. The molecule has 3 aromatic rings. The van der Waals surface area contributed by atoms with Crippen molar-refractivity contribution in [3.8, 4) is 0 Å². The minimum atomic E-state index is -0.884. The van der Waals surface area contributed by atoms with Crippen molar-refractivity contribution in [1.29, 1.82) is 0 Å². The van der Waals surface area contributed by atoms with E-state index in [9.17, 15) is 4.79 Å². The fourth-order valence-corrected chi connectivity index (χ4v) is 2.53. The monoisotopic (exact) mass is 239 g/mol. The number of fused-ring (bicyclic) bond motifs is 3. The number of carbonyl (C=O) groups is 1. The van der Waals surface area contributed by atoms with E-state index in [0.717, 1.165) is 28.4 Å². The smallest absolute Gasteiger partial charge is 0.335 e. The van der Waals surface area contributed by atoms with Crippen LogP contribution in [0.2, 0.25) is 0 Å². The lowest BCUT2D eigenvalue weighted by Gasteiger charge is -2.02. The summed E-state index contributed by atoms with van der Waals surface area (Å²) in [5.41, 5.74) is 2.57. The summed E-state index contributed by atoms with van der Waals surface area (Å²) in [5.74, 6) is -0.884. The fourth-order valence-electron chi connectivity index (χ4n) is 2.53. The molecule has 18 heavy (non-hydrogen) atoms. The molecule has 1 aromatic heterocycles. The molecule has 0 aliphatic heterocycles. The molecular weight excluding hydrogens is 226 g/mol. The van der Waals surface area contributed by atoms with Gasteiger partial charge in [-0.15, -0.1) is 0 Å². The van der Waals surface area contributed by atoms with Crippen LogP contribution >= 0.6 is 0 Å². The Balaban J connectivity index is 2.48. The second-order valence-electron chi connectivity index (χ2n) is 4.30. The van der Waals surface area contributed by atoms with Gasteiger partial charge < -0.3 is 9.67 Å². The summed E-state index contributed by atoms with van der Waals surface area (Å²) in [6, 6.07) is 13.4. The summed E-state index contributed by atoms with van der Waals surface area (Å²) in [6.45, 7) is 2.97. The number of para-hydroxylation sites is 1. The highest BCUT2D eigenvalue weighted by atomic mass is 16.4. The van der Waals surface area contributed by atoms with Gasteiger partial charge >= 0.3 is 5.97 Å². The van der Waals surface area contributed by atoms with E-state index in [-0.39, 0.29) is 0 Å². The van der Waals surface area contributed by atoms with Crippen molar-refractivity contribution in [2.45, 2.75) is 13.5 Å². The Labute approximate surface area is 104 Å². The summed E-state index contributed by atoms with van der Waals surface area (Å²) in [7, 11) is 0. The molecule has 0 aliphatic carbocycles. The van der Waals surface area contributed by atoms with E-state index < -0.39 is 5.97 Å². The van der Waals surface area contributed by atoms with E-state index in [1.807, 2.05) is 24.3 Å².